The third-order valence-electron chi connectivity index (χ3n) is 6.36. The quantitative estimate of drug-likeness (QED) is 0.860. The molecule has 1 unspecified atom stereocenters. The molecule has 0 radical (unpaired) electrons. The van der Waals surface area contributed by atoms with E-state index in [1.54, 1.807) is 0 Å². The minimum Gasteiger partial charge on any atom is -0.481 e. The van der Waals surface area contributed by atoms with Crippen LogP contribution in [0, 0.1) is 11.8 Å². The lowest BCUT2D eigenvalue weighted by Gasteiger charge is -2.35. The highest BCUT2D eigenvalue weighted by molar-refractivity contribution is 5.89. The molecule has 4 rings (SSSR count). The molecule has 2 saturated heterocycles. The van der Waals surface area contributed by atoms with Crippen LogP contribution >= 0.6 is 0 Å². The number of aromatic nitrogens is 1. The molecule has 1 amide bonds. The van der Waals surface area contributed by atoms with Gasteiger partial charge in [0.05, 0.1) is 18.4 Å². The van der Waals surface area contributed by atoms with Crippen molar-refractivity contribution in [3.8, 4) is 0 Å². The van der Waals surface area contributed by atoms with E-state index in [9.17, 15) is 14.7 Å². The van der Waals surface area contributed by atoms with Crippen LogP contribution in [0.1, 0.15) is 31.7 Å². The largest absolute Gasteiger partial charge is 0.481 e. The van der Waals surface area contributed by atoms with Crippen molar-refractivity contribution in [2.75, 3.05) is 19.7 Å². The molecule has 150 valence electrons. The number of carbonyl (C=O) groups excluding carboxylic acids is 1. The normalized spacial score (nSPS) is 23.4. The molecule has 3 heterocycles. The fourth-order valence-electron chi connectivity index (χ4n) is 4.82. The summed E-state index contributed by atoms with van der Waals surface area (Å²) in [6, 6.07) is 8.22. The van der Waals surface area contributed by atoms with Gasteiger partial charge in [0.15, 0.2) is 0 Å². The van der Waals surface area contributed by atoms with Crippen LogP contribution in [-0.2, 0) is 27.3 Å². The number of aliphatic carboxylic acids is 1. The summed E-state index contributed by atoms with van der Waals surface area (Å²) >= 11 is 0. The van der Waals surface area contributed by atoms with E-state index >= 15 is 0 Å². The number of ether oxygens (including phenoxy) is 1. The van der Waals surface area contributed by atoms with Crippen molar-refractivity contribution >= 4 is 22.8 Å². The van der Waals surface area contributed by atoms with E-state index in [1.165, 1.54) is 5.52 Å². The summed E-state index contributed by atoms with van der Waals surface area (Å²) in [6.45, 7) is 4.89. The van der Waals surface area contributed by atoms with E-state index in [4.69, 9.17) is 4.74 Å². The standard InChI is InChI=1S/C22H28N2O4/c1-2-23-14-16(17-5-3-4-6-19(17)23)13-20(25)24-10-7-15(8-11-24)21-18(22(26)27)9-12-28-21/h3-6,14-15,18,21H,2,7-13H2,1H3,(H,26,27)/t18?,21-/m0/s1. The molecule has 2 atom stereocenters. The van der Waals surface area contributed by atoms with Crippen LogP contribution in [0.15, 0.2) is 30.5 Å². The Labute approximate surface area is 165 Å². The molecule has 28 heavy (non-hydrogen) atoms. The number of carbonyl (C=O) groups is 2. The van der Waals surface area contributed by atoms with Gasteiger partial charge in [-0.3, -0.25) is 9.59 Å². The van der Waals surface area contributed by atoms with E-state index < -0.39 is 11.9 Å². The van der Waals surface area contributed by atoms with Gasteiger partial charge in [0.2, 0.25) is 5.91 Å². The Kier molecular flexibility index (Phi) is 5.40. The van der Waals surface area contributed by atoms with E-state index in [-0.39, 0.29) is 17.9 Å². The minimum atomic E-state index is -0.756. The Balaban J connectivity index is 1.39. The van der Waals surface area contributed by atoms with Crippen molar-refractivity contribution in [1.29, 1.82) is 0 Å². The van der Waals surface area contributed by atoms with Gasteiger partial charge in [0.1, 0.15) is 0 Å². The van der Waals surface area contributed by atoms with Crippen molar-refractivity contribution < 1.29 is 19.4 Å². The van der Waals surface area contributed by atoms with E-state index in [0.717, 1.165) is 30.3 Å². The number of likely N-dealkylation sites (tertiary alicyclic amines) is 1. The first-order valence-electron chi connectivity index (χ1n) is 10.3. The summed E-state index contributed by atoms with van der Waals surface area (Å²) in [5.41, 5.74) is 2.25. The number of aryl methyl sites for hydroxylation is 1. The Hall–Kier alpha value is -2.34. The fraction of sp³-hybridized carbons (Fsp3) is 0.545. The second-order valence-corrected chi connectivity index (χ2v) is 7.92. The van der Waals surface area contributed by atoms with Gasteiger partial charge in [-0.1, -0.05) is 18.2 Å². The predicted molar refractivity (Wildman–Crippen MR) is 106 cm³/mol. The summed E-state index contributed by atoms with van der Waals surface area (Å²) in [7, 11) is 0. The Morgan fingerprint density at radius 1 is 1.18 bits per heavy atom. The smallest absolute Gasteiger partial charge is 0.309 e. The maximum atomic E-state index is 12.9. The zero-order valence-corrected chi connectivity index (χ0v) is 16.3. The minimum absolute atomic E-state index is 0.152. The molecule has 1 N–H and O–H groups in total. The Morgan fingerprint density at radius 3 is 2.64 bits per heavy atom. The molecule has 1 aromatic carbocycles. The number of nitrogens with zero attached hydrogens (tertiary/aromatic N) is 2. The molecule has 6 heteroatoms. The van der Waals surface area contributed by atoms with Crippen molar-refractivity contribution in [2.45, 2.75) is 45.3 Å². The highest BCUT2D eigenvalue weighted by Gasteiger charge is 2.40. The van der Waals surface area contributed by atoms with Gasteiger partial charge in [0, 0.05) is 43.3 Å². The molecule has 2 aliphatic heterocycles. The third kappa shape index (κ3) is 3.53. The van der Waals surface area contributed by atoms with Crippen LogP contribution in [0.3, 0.4) is 0 Å². The Bertz CT molecular complexity index is 867. The molecule has 0 saturated carbocycles. The summed E-state index contributed by atoms with van der Waals surface area (Å²) in [5, 5.41) is 10.5. The number of benzene rings is 1. The van der Waals surface area contributed by atoms with Crippen LogP contribution in [0.5, 0.6) is 0 Å². The number of rotatable bonds is 5. The van der Waals surface area contributed by atoms with Gasteiger partial charge in [-0.15, -0.1) is 0 Å². The number of carboxylic acid groups (broad SMARTS) is 1. The van der Waals surface area contributed by atoms with Gasteiger partial charge in [-0.2, -0.15) is 0 Å². The molecule has 1 aromatic heterocycles. The molecule has 2 fully saturated rings. The third-order valence-corrected chi connectivity index (χ3v) is 6.36. The molecular weight excluding hydrogens is 356 g/mol. The molecule has 2 aliphatic rings. The average Bonchev–Trinajstić information content (AvgIpc) is 3.33. The van der Waals surface area contributed by atoms with Crippen LogP contribution in [0.25, 0.3) is 10.9 Å². The maximum Gasteiger partial charge on any atom is 0.309 e. The van der Waals surface area contributed by atoms with E-state index in [0.29, 0.717) is 32.5 Å². The first kappa shape index (κ1) is 19.0. The summed E-state index contributed by atoms with van der Waals surface area (Å²) in [4.78, 5) is 26.2. The monoisotopic (exact) mass is 384 g/mol. The number of amides is 1. The maximum absolute atomic E-state index is 12.9. The van der Waals surface area contributed by atoms with Crippen LogP contribution in [-0.4, -0.2) is 52.3 Å². The molecular formula is C22H28N2O4. The number of hydrogen-bond acceptors (Lipinski definition) is 3. The molecule has 0 spiro atoms. The highest BCUT2D eigenvalue weighted by Crippen LogP contribution is 2.33. The van der Waals surface area contributed by atoms with Crippen molar-refractivity contribution in [3.05, 3.63) is 36.0 Å². The molecule has 6 nitrogen and oxygen atoms in total. The van der Waals surface area contributed by atoms with E-state index in [1.807, 2.05) is 17.0 Å². The number of carboxylic acids is 1. The summed E-state index contributed by atoms with van der Waals surface area (Å²) < 4.78 is 7.92. The molecule has 2 aromatic rings. The van der Waals surface area contributed by atoms with Crippen LogP contribution in [0.4, 0.5) is 0 Å². The lowest BCUT2D eigenvalue weighted by molar-refractivity contribution is -0.145. The van der Waals surface area contributed by atoms with Crippen molar-refractivity contribution in [1.82, 2.24) is 9.47 Å². The number of piperidine rings is 1. The topological polar surface area (TPSA) is 71.8 Å². The average molecular weight is 384 g/mol. The number of fused-ring (bicyclic) bond motifs is 1. The van der Waals surface area contributed by atoms with E-state index in [2.05, 4.69) is 29.8 Å². The summed E-state index contributed by atoms with van der Waals surface area (Å²) in [5.74, 6) is -0.769. The van der Waals surface area contributed by atoms with Crippen molar-refractivity contribution in [3.63, 3.8) is 0 Å². The fourth-order valence-corrected chi connectivity index (χ4v) is 4.82. The Morgan fingerprint density at radius 2 is 1.93 bits per heavy atom. The predicted octanol–water partition coefficient (Wildman–Crippen LogP) is 2.93. The first-order valence-corrected chi connectivity index (χ1v) is 10.3. The zero-order chi connectivity index (χ0) is 19.7. The summed E-state index contributed by atoms with van der Waals surface area (Å²) in [6.07, 6.45) is 4.54. The van der Waals surface area contributed by atoms with Gasteiger partial charge in [-0.05, 0) is 43.7 Å². The van der Waals surface area contributed by atoms with Gasteiger partial charge < -0.3 is 19.3 Å². The number of para-hydroxylation sites is 1. The zero-order valence-electron chi connectivity index (χ0n) is 16.3. The van der Waals surface area contributed by atoms with Crippen molar-refractivity contribution in [2.24, 2.45) is 11.8 Å². The van der Waals surface area contributed by atoms with Crippen LogP contribution < -0.4 is 0 Å². The first-order chi connectivity index (χ1) is 13.6. The van der Waals surface area contributed by atoms with Gasteiger partial charge in [0.25, 0.3) is 0 Å². The second-order valence-electron chi connectivity index (χ2n) is 7.92. The number of hydrogen-bond donors (Lipinski definition) is 1. The molecule has 0 bridgehead atoms. The lowest BCUT2D eigenvalue weighted by Crippen LogP contribution is -2.43. The lowest BCUT2D eigenvalue weighted by atomic mass is 9.84. The highest BCUT2D eigenvalue weighted by atomic mass is 16.5. The van der Waals surface area contributed by atoms with Gasteiger partial charge in [-0.25, -0.2) is 0 Å². The SMILES string of the molecule is CCn1cc(CC(=O)N2CCC([C@@H]3OCCC3C(=O)O)CC2)c2ccccc21. The van der Waals surface area contributed by atoms with Gasteiger partial charge >= 0.3 is 5.97 Å². The molecule has 0 aliphatic carbocycles. The van der Waals surface area contributed by atoms with Crippen LogP contribution in [0.2, 0.25) is 0 Å². The second kappa shape index (κ2) is 7.95.